The second-order valence-electron chi connectivity index (χ2n) is 4.69. The molecule has 0 radical (unpaired) electrons. The SMILES string of the molecule is CCCc1ccc(C(=O)Cn2ccn(C)c2=O)cc1. The van der Waals surface area contributed by atoms with Crippen molar-refractivity contribution in [3.8, 4) is 0 Å². The van der Waals surface area contributed by atoms with Crippen molar-refractivity contribution in [2.24, 2.45) is 7.05 Å². The summed E-state index contributed by atoms with van der Waals surface area (Å²) in [6.07, 6.45) is 5.39. The monoisotopic (exact) mass is 258 g/mol. The van der Waals surface area contributed by atoms with Crippen LogP contribution >= 0.6 is 0 Å². The molecule has 0 spiro atoms. The largest absolute Gasteiger partial charge is 0.328 e. The third kappa shape index (κ3) is 3.02. The van der Waals surface area contributed by atoms with Gasteiger partial charge in [-0.1, -0.05) is 37.6 Å². The van der Waals surface area contributed by atoms with Gasteiger partial charge in [0.2, 0.25) is 0 Å². The Morgan fingerprint density at radius 3 is 2.37 bits per heavy atom. The fourth-order valence-electron chi connectivity index (χ4n) is 2.02. The van der Waals surface area contributed by atoms with Gasteiger partial charge in [0, 0.05) is 25.0 Å². The standard InChI is InChI=1S/C15H18N2O2/c1-3-4-12-5-7-13(8-6-12)14(18)11-17-10-9-16(2)15(17)19/h5-10H,3-4,11H2,1-2H3. The molecule has 0 N–H and O–H groups in total. The molecule has 0 aliphatic heterocycles. The van der Waals surface area contributed by atoms with E-state index < -0.39 is 0 Å². The van der Waals surface area contributed by atoms with Crippen molar-refractivity contribution in [3.63, 3.8) is 0 Å². The lowest BCUT2D eigenvalue weighted by molar-refractivity contribution is 0.0971. The molecule has 19 heavy (non-hydrogen) atoms. The van der Waals surface area contributed by atoms with Crippen molar-refractivity contribution in [1.82, 2.24) is 9.13 Å². The Labute approximate surface area is 112 Å². The van der Waals surface area contributed by atoms with Crippen LogP contribution in [0.4, 0.5) is 0 Å². The van der Waals surface area contributed by atoms with E-state index in [1.54, 1.807) is 19.4 Å². The number of imidazole rings is 1. The smallest absolute Gasteiger partial charge is 0.302 e. The topological polar surface area (TPSA) is 44.0 Å². The summed E-state index contributed by atoms with van der Waals surface area (Å²) in [4.78, 5) is 23.7. The van der Waals surface area contributed by atoms with E-state index in [0.29, 0.717) is 5.56 Å². The van der Waals surface area contributed by atoms with Crippen molar-refractivity contribution in [2.45, 2.75) is 26.3 Å². The Balaban J connectivity index is 2.11. The third-order valence-corrected chi connectivity index (χ3v) is 3.15. The van der Waals surface area contributed by atoms with Crippen LogP contribution in [0.1, 0.15) is 29.3 Å². The lowest BCUT2D eigenvalue weighted by atomic mass is 10.1. The summed E-state index contributed by atoms with van der Waals surface area (Å²) in [6.45, 7) is 2.22. The molecule has 1 heterocycles. The highest BCUT2D eigenvalue weighted by Crippen LogP contribution is 2.08. The number of ketones is 1. The van der Waals surface area contributed by atoms with Crippen LogP contribution in [0.5, 0.6) is 0 Å². The van der Waals surface area contributed by atoms with Crippen molar-refractivity contribution in [2.75, 3.05) is 0 Å². The number of aryl methyl sites for hydroxylation is 2. The second kappa shape index (κ2) is 5.69. The molecule has 4 nitrogen and oxygen atoms in total. The predicted octanol–water partition coefficient (Wildman–Crippen LogP) is 2.02. The van der Waals surface area contributed by atoms with Gasteiger partial charge in [-0.25, -0.2) is 4.79 Å². The van der Waals surface area contributed by atoms with E-state index in [4.69, 9.17) is 0 Å². The molecule has 0 saturated carbocycles. The molecule has 0 aliphatic rings. The van der Waals surface area contributed by atoms with Crippen LogP contribution in [-0.4, -0.2) is 14.9 Å². The number of nitrogens with zero attached hydrogens (tertiary/aromatic N) is 2. The number of hydrogen-bond acceptors (Lipinski definition) is 2. The summed E-state index contributed by atoms with van der Waals surface area (Å²) in [5.41, 5.74) is 1.71. The Morgan fingerprint density at radius 2 is 1.84 bits per heavy atom. The van der Waals surface area contributed by atoms with Gasteiger partial charge < -0.3 is 4.57 Å². The van der Waals surface area contributed by atoms with E-state index in [9.17, 15) is 9.59 Å². The van der Waals surface area contributed by atoms with Crippen LogP contribution in [0.2, 0.25) is 0 Å². The summed E-state index contributed by atoms with van der Waals surface area (Å²) in [6, 6.07) is 7.62. The van der Waals surface area contributed by atoms with Crippen molar-refractivity contribution in [3.05, 3.63) is 58.3 Å². The van der Waals surface area contributed by atoms with Gasteiger partial charge in [0.15, 0.2) is 5.78 Å². The first kappa shape index (κ1) is 13.3. The fourth-order valence-corrected chi connectivity index (χ4v) is 2.02. The summed E-state index contributed by atoms with van der Waals surface area (Å²) in [5, 5.41) is 0. The molecule has 4 heteroatoms. The molecule has 0 saturated heterocycles. The van der Waals surface area contributed by atoms with Crippen LogP contribution in [0.3, 0.4) is 0 Å². The molecule has 0 bridgehead atoms. The molecular weight excluding hydrogens is 240 g/mol. The van der Waals surface area contributed by atoms with E-state index in [1.165, 1.54) is 14.7 Å². The number of carbonyl (C=O) groups is 1. The Kier molecular flexibility index (Phi) is 4.00. The van der Waals surface area contributed by atoms with Gasteiger partial charge in [-0.2, -0.15) is 0 Å². The van der Waals surface area contributed by atoms with Gasteiger partial charge in [0.05, 0.1) is 6.54 Å². The highest BCUT2D eigenvalue weighted by atomic mass is 16.2. The van der Waals surface area contributed by atoms with Crippen LogP contribution in [0.25, 0.3) is 0 Å². The zero-order valence-corrected chi connectivity index (χ0v) is 11.3. The lowest BCUT2D eigenvalue weighted by Gasteiger charge is -2.03. The van der Waals surface area contributed by atoms with Crippen LogP contribution in [0, 0.1) is 0 Å². The van der Waals surface area contributed by atoms with Crippen molar-refractivity contribution in [1.29, 1.82) is 0 Å². The molecule has 2 aromatic rings. The zero-order valence-electron chi connectivity index (χ0n) is 11.3. The Bertz CT molecular complexity index is 620. The van der Waals surface area contributed by atoms with E-state index in [0.717, 1.165) is 12.8 Å². The average molecular weight is 258 g/mol. The summed E-state index contributed by atoms with van der Waals surface area (Å²) in [7, 11) is 1.67. The minimum Gasteiger partial charge on any atom is -0.302 e. The molecule has 2 rings (SSSR count). The van der Waals surface area contributed by atoms with Gasteiger partial charge >= 0.3 is 5.69 Å². The number of benzene rings is 1. The molecular formula is C15H18N2O2. The van der Waals surface area contributed by atoms with E-state index in [-0.39, 0.29) is 18.0 Å². The lowest BCUT2D eigenvalue weighted by Crippen LogP contribution is -2.25. The predicted molar refractivity (Wildman–Crippen MR) is 74.4 cm³/mol. The molecule has 100 valence electrons. The normalized spacial score (nSPS) is 10.6. The van der Waals surface area contributed by atoms with Gasteiger partial charge in [-0.15, -0.1) is 0 Å². The maximum atomic E-state index is 12.1. The van der Waals surface area contributed by atoms with Crippen LogP contribution < -0.4 is 5.69 Å². The molecule has 0 amide bonds. The molecule has 1 aromatic heterocycles. The first-order chi connectivity index (χ1) is 9.11. The quantitative estimate of drug-likeness (QED) is 0.770. The molecule has 1 aromatic carbocycles. The maximum Gasteiger partial charge on any atom is 0.328 e. The van der Waals surface area contributed by atoms with Crippen LogP contribution in [0.15, 0.2) is 41.5 Å². The van der Waals surface area contributed by atoms with Crippen molar-refractivity contribution < 1.29 is 4.79 Å². The first-order valence-electron chi connectivity index (χ1n) is 6.45. The van der Waals surface area contributed by atoms with E-state index >= 15 is 0 Å². The Morgan fingerprint density at radius 1 is 1.16 bits per heavy atom. The highest BCUT2D eigenvalue weighted by Gasteiger charge is 2.09. The number of aromatic nitrogens is 2. The van der Waals surface area contributed by atoms with Gasteiger partial charge in [0.1, 0.15) is 0 Å². The highest BCUT2D eigenvalue weighted by molar-refractivity contribution is 5.95. The minimum absolute atomic E-state index is 0.0450. The molecule has 0 aliphatic carbocycles. The number of rotatable bonds is 5. The molecule has 0 fully saturated rings. The molecule has 0 unspecified atom stereocenters. The fraction of sp³-hybridized carbons (Fsp3) is 0.333. The maximum absolute atomic E-state index is 12.1. The van der Waals surface area contributed by atoms with E-state index in [2.05, 4.69) is 6.92 Å². The van der Waals surface area contributed by atoms with Crippen molar-refractivity contribution >= 4 is 5.78 Å². The Hall–Kier alpha value is -2.10. The second-order valence-corrected chi connectivity index (χ2v) is 4.69. The van der Waals surface area contributed by atoms with Gasteiger partial charge in [-0.05, 0) is 12.0 Å². The third-order valence-electron chi connectivity index (χ3n) is 3.15. The van der Waals surface area contributed by atoms with Gasteiger partial charge in [0.25, 0.3) is 0 Å². The van der Waals surface area contributed by atoms with Crippen LogP contribution in [-0.2, 0) is 20.0 Å². The summed E-state index contributed by atoms with van der Waals surface area (Å²) in [5.74, 6) is -0.0450. The van der Waals surface area contributed by atoms with Gasteiger partial charge in [-0.3, -0.25) is 9.36 Å². The first-order valence-corrected chi connectivity index (χ1v) is 6.45. The number of Topliss-reactive ketones (excluding diaryl/α,β-unsaturated/α-hetero) is 1. The summed E-state index contributed by atoms with van der Waals surface area (Å²) < 4.78 is 2.87. The van der Waals surface area contributed by atoms with E-state index in [1.807, 2.05) is 24.3 Å². The number of carbonyl (C=O) groups excluding carboxylic acids is 1. The minimum atomic E-state index is -0.170. The molecule has 0 atom stereocenters. The summed E-state index contributed by atoms with van der Waals surface area (Å²) >= 11 is 0. The zero-order chi connectivity index (χ0) is 13.8. The average Bonchev–Trinajstić information content (AvgIpc) is 2.72. The number of hydrogen-bond donors (Lipinski definition) is 0.